The molecule has 1 aliphatic rings. The van der Waals surface area contributed by atoms with Crippen LogP contribution in [0.4, 0.5) is 4.39 Å². The summed E-state index contributed by atoms with van der Waals surface area (Å²) in [6.45, 7) is 6.50. The number of benzene rings is 1. The number of nitrogens with zero attached hydrogens (tertiary/aromatic N) is 1. The normalized spacial score (nSPS) is 15.5. The van der Waals surface area contributed by atoms with Gasteiger partial charge >= 0.3 is 0 Å². The average molecular weight is 363 g/mol. The molecule has 1 heterocycles. The summed E-state index contributed by atoms with van der Waals surface area (Å²) in [4.78, 5) is 38.0. The van der Waals surface area contributed by atoms with Crippen molar-refractivity contribution in [3.63, 3.8) is 0 Å². The molecular formula is C19H26FN3O3. The van der Waals surface area contributed by atoms with E-state index in [0.29, 0.717) is 31.5 Å². The molecule has 1 fully saturated rings. The van der Waals surface area contributed by atoms with Crippen LogP contribution in [0.5, 0.6) is 0 Å². The summed E-state index contributed by atoms with van der Waals surface area (Å²) >= 11 is 0. The van der Waals surface area contributed by atoms with E-state index in [9.17, 15) is 18.8 Å². The number of likely N-dealkylation sites (tertiary alicyclic amines) is 1. The molecule has 1 aromatic rings. The first kappa shape index (κ1) is 19.9. The van der Waals surface area contributed by atoms with Gasteiger partial charge in [-0.2, -0.15) is 0 Å². The van der Waals surface area contributed by atoms with Gasteiger partial charge in [-0.3, -0.25) is 14.4 Å². The zero-order valence-corrected chi connectivity index (χ0v) is 15.5. The predicted molar refractivity (Wildman–Crippen MR) is 95.9 cm³/mol. The van der Waals surface area contributed by atoms with E-state index in [1.54, 1.807) is 4.90 Å². The minimum atomic E-state index is -0.382. The van der Waals surface area contributed by atoms with Crippen LogP contribution in [0.1, 0.15) is 44.0 Å². The first-order valence-corrected chi connectivity index (χ1v) is 8.79. The molecule has 0 aromatic heterocycles. The Kier molecular flexibility index (Phi) is 6.34. The molecule has 6 nitrogen and oxygen atoms in total. The van der Waals surface area contributed by atoms with Gasteiger partial charge in [0.2, 0.25) is 11.8 Å². The standard InChI is InChI=1S/C19H26FN3O3/c1-19(2,3)22-16(24)12-21-17(25)13-8-10-23(11-9-13)18(26)14-4-6-15(20)7-5-14/h4-7,13H,8-12H2,1-3H3,(H,21,25)(H,22,24). The summed E-state index contributed by atoms with van der Waals surface area (Å²) in [5.74, 6) is -1.15. The quantitative estimate of drug-likeness (QED) is 0.855. The zero-order chi connectivity index (χ0) is 19.3. The molecule has 3 amide bonds. The van der Waals surface area contributed by atoms with Crippen LogP contribution in [0.3, 0.4) is 0 Å². The van der Waals surface area contributed by atoms with Gasteiger partial charge in [0.1, 0.15) is 5.82 Å². The van der Waals surface area contributed by atoms with Gasteiger partial charge in [-0.1, -0.05) is 0 Å². The molecule has 0 atom stereocenters. The fourth-order valence-corrected chi connectivity index (χ4v) is 2.89. The third kappa shape index (κ3) is 5.82. The maximum Gasteiger partial charge on any atom is 0.253 e. The predicted octanol–water partition coefficient (Wildman–Crippen LogP) is 1.71. The summed E-state index contributed by atoms with van der Waals surface area (Å²) in [6, 6.07) is 5.45. The van der Waals surface area contributed by atoms with E-state index in [0.717, 1.165) is 0 Å². The number of carbonyl (C=O) groups excluding carboxylic acids is 3. The molecule has 0 saturated carbocycles. The molecule has 0 bridgehead atoms. The lowest BCUT2D eigenvalue weighted by Crippen LogP contribution is -2.48. The highest BCUT2D eigenvalue weighted by molar-refractivity contribution is 5.94. The molecule has 1 aromatic carbocycles. The van der Waals surface area contributed by atoms with Crippen LogP contribution >= 0.6 is 0 Å². The molecule has 26 heavy (non-hydrogen) atoms. The van der Waals surface area contributed by atoms with Crippen molar-refractivity contribution < 1.29 is 18.8 Å². The molecule has 2 N–H and O–H groups in total. The van der Waals surface area contributed by atoms with Gasteiger partial charge in [-0.25, -0.2) is 4.39 Å². The number of piperidine rings is 1. The Morgan fingerprint density at radius 1 is 1.12 bits per heavy atom. The molecule has 0 aliphatic carbocycles. The maximum absolute atomic E-state index is 13.0. The highest BCUT2D eigenvalue weighted by atomic mass is 19.1. The topological polar surface area (TPSA) is 78.5 Å². The van der Waals surface area contributed by atoms with Gasteiger partial charge in [-0.15, -0.1) is 0 Å². The van der Waals surface area contributed by atoms with Gasteiger partial charge in [0.05, 0.1) is 6.54 Å². The Balaban J connectivity index is 1.78. The van der Waals surface area contributed by atoms with Gasteiger partial charge in [0, 0.05) is 30.1 Å². The smallest absolute Gasteiger partial charge is 0.253 e. The van der Waals surface area contributed by atoms with Crippen LogP contribution < -0.4 is 10.6 Å². The Morgan fingerprint density at radius 3 is 2.23 bits per heavy atom. The summed E-state index contributed by atoms with van der Waals surface area (Å²) in [5, 5.41) is 5.45. The second kappa shape index (κ2) is 8.29. The molecule has 2 rings (SSSR count). The van der Waals surface area contributed by atoms with Crippen LogP contribution in [-0.2, 0) is 9.59 Å². The molecule has 0 unspecified atom stereocenters. The van der Waals surface area contributed by atoms with Crippen LogP contribution in [0.15, 0.2) is 24.3 Å². The third-order valence-corrected chi connectivity index (χ3v) is 4.18. The van der Waals surface area contributed by atoms with E-state index in [4.69, 9.17) is 0 Å². The second-order valence-corrected chi connectivity index (χ2v) is 7.59. The highest BCUT2D eigenvalue weighted by Crippen LogP contribution is 2.19. The van der Waals surface area contributed by atoms with Crippen molar-refractivity contribution in [2.75, 3.05) is 19.6 Å². The molecule has 142 valence electrons. The van der Waals surface area contributed by atoms with Crippen molar-refractivity contribution >= 4 is 17.7 Å². The lowest BCUT2D eigenvalue weighted by atomic mass is 9.95. The zero-order valence-electron chi connectivity index (χ0n) is 15.5. The lowest BCUT2D eigenvalue weighted by molar-refractivity contribution is -0.130. The van der Waals surface area contributed by atoms with Crippen LogP contribution in [0, 0.1) is 11.7 Å². The minimum absolute atomic E-state index is 0.0508. The molecule has 1 aliphatic heterocycles. The van der Waals surface area contributed by atoms with Crippen molar-refractivity contribution in [3.05, 3.63) is 35.6 Å². The van der Waals surface area contributed by atoms with Gasteiger partial charge < -0.3 is 15.5 Å². The molecular weight excluding hydrogens is 337 g/mol. The average Bonchev–Trinajstić information content (AvgIpc) is 2.58. The van der Waals surface area contributed by atoms with Crippen molar-refractivity contribution in [3.8, 4) is 0 Å². The number of halogens is 1. The minimum Gasteiger partial charge on any atom is -0.350 e. The first-order chi connectivity index (χ1) is 12.2. The SMILES string of the molecule is CC(C)(C)NC(=O)CNC(=O)C1CCN(C(=O)c2ccc(F)cc2)CC1. The van der Waals surface area contributed by atoms with Crippen molar-refractivity contribution in [2.45, 2.75) is 39.2 Å². The second-order valence-electron chi connectivity index (χ2n) is 7.59. The molecule has 1 saturated heterocycles. The summed E-state index contributed by atoms with van der Waals surface area (Å²) in [7, 11) is 0. The number of rotatable bonds is 4. The van der Waals surface area contributed by atoms with Gasteiger partial charge in [0.15, 0.2) is 0 Å². The maximum atomic E-state index is 13.0. The van der Waals surface area contributed by atoms with Crippen LogP contribution in [0.25, 0.3) is 0 Å². The van der Waals surface area contributed by atoms with E-state index in [2.05, 4.69) is 10.6 Å². The first-order valence-electron chi connectivity index (χ1n) is 8.79. The Bertz CT molecular complexity index is 660. The Hall–Kier alpha value is -2.44. The highest BCUT2D eigenvalue weighted by Gasteiger charge is 2.28. The van der Waals surface area contributed by atoms with Crippen LogP contribution in [0.2, 0.25) is 0 Å². The molecule has 7 heteroatoms. The third-order valence-electron chi connectivity index (χ3n) is 4.18. The molecule has 0 radical (unpaired) electrons. The number of carbonyl (C=O) groups is 3. The van der Waals surface area contributed by atoms with Crippen molar-refractivity contribution in [1.29, 1.82) is 0 Å². The monoisotopic (exact) mass is 363 g/mol. The van der Waals surface area contributed by atoms with Gasteiger partial charge in [0.25, 0.3) is 5.91 Å². The fourth-order valence-electron chi connectivity index (χ4n) is 2.89. The Labute approximate surface area is 153 Å². The lowest BCUT2D eigenvalue weighted by Gasteiger charge is -2.31. The van der Waals surface area contributed by atoms with Gasteiger partial charge in [-0.05, 0) is 57.9 Å². The van der Waals surface area contributed by atoms with E-state index in [1.165, 1.54) is 24.3 Å². The summed E-state index contributed by atoms with van der Waals surface area (Å²) in [6.07, 6.45) is 1.08. The number of hydrogen-bond acceptors (Lipinski definition) is 3. The van der Waals surface area contributed by atoms with Crippen LogP contribution in [-0.4, -0.2) is 47.8 Å². The van der Waals surface area contributed by atoms with E-state index >= 15 is 0 Å². The largest absolute Gasteiger partial charge is 0.350 e. The van der Waals surface area contributed by atoms with E-state index < -0.39 is 0 Å². The number of amides is 3. The van der Waals surface area contributed by atoms with E-state index in [-0.39, 0.29) is 41.5 Å². The Morgan fingerprint density at radius 2 is 1.69 bits per heavy atom. The fraction of sp³-hybridized carbons (Fsp3) is 0.526. The number of hydrogen-bond donors (Lipinski definition) is 2. The van der Waals surface area contributed by atoms with Crippen molar-refractivity contribution in [1.82, 2.24) is 15.5 Å². The summed E-state index contributed by atoms with van der Waals surface area (Å²) in [5.41, 5.74) is 0.0987. The molecule has 0 spiro atoms. The van der Waals surface area contributed by atoms with Crippen molar-refractivity contribution in [2.24, 2.45) is 5.92 Å². The number of nitrogens with one attached hydrogen (secondary N) is 2. The summed E-state index contributed by atoms with van der Waals surface area (Å²) < 4.78 is 13.0. The van der Waals surface area contributed by atoms with E-state index in [1.807, 2.05) is 20.8 Å².